The molecule has 0 fully saturated rings. The van der Waals surface area contributed by atoms with Gasteiger partial charge in [-0.15, -0.1) is 11.3 Å². The lowest BCUT2D eigenvalue weighted by Gasteiger charge is -2.10. The molecule has 3 rings (SSSR count). The van der Waals surface area contributed by atoms with Gasteiger partial charge in [0, 0.05) is 11.3 Å². The van der Waals surface area contributed by atoms with Crippen LogP contribution in [0.1, 0.15) is 22.3 Å². The lowest BCUT2D eigenvalue weighted by Crippen LogP contribution is -2.03. The van der Waals surface area contributed by atoms with E-state index in [0.29, 0.717) is 20.8 Å². The van der Waals surface area contributed by atoms with Crippen LogP contribution in [0.3, 0.4) is 0 Å². The van der Waals surface area contributed by atoms with Crippen LogP contribution in [0.15, 0.2) is 60.8 Å². The van der Waals surface area contributed by atoms with Crippen LogP contribution in [0.2, 0.25) is 9.36 Å². The number of halogens is 2. The van der Waals surface area contributed by atoms with Gasteiger partial charge in [0.2, 0.25) is 0 Å². The summed E-state index contributed by atoms with van der Waals surface area (Å²) in [5.74, 6) is -0.296. The van der Waals surface area contributed by atoms with Crippen LogP contribution < -0.4 is 10.1 Å². The van der Waals surface area contributed by atoms with Gasteiger partial charge in [-0.05, 0) is 48.2 Å². The van der Waals surface area contributed by atoms with Gasteiger partial charge in [-0.2, -0.15) is 0 Å². The van der Waals surface area contributed by atoms with Crippen LogP contribution in [-0.2, 0) is 6.42 Å². The maximum absolute atomic E-state index is 11.3. The lowest BCUT2D eigenvalue weighted by atomic mass is 10.0. The molecule has 0 radical (unpaired) electrons. The van der Waals surface area contributed by atoms with Gasteiger partial charge in [-0.1, -0.05) is 54.0 Å². The highest BCUT2D eigenvalue weighted by Gasteiger charge is 2.15. The van der Waals surface area contributed by atoms with Gasteiger partial charge in [-0.3, -0.25) is 0 Å². The van der Waals surface area contributed by atoms with Crippen LogP contribution in [0.25, 0.3) is 11.1 Å². The number of thiophene rings is 1. The van der Waals surface area contributed by atoms with Gasteiger partial charge in [0.1, 0.15) is 10.8 Å². The third-order valence-electron chi connectivity index (χ3n) is 4.38. The molecule has 0 unspecified atom stereocenters. The number of methoxy groups -OCH3 is 1. The molecule has 0 bridgehead atoms. The highest BCUT2D eigenvalue weighted by atomic mass is 35.5. The van der Waals surface area contributed by atoms with E-state index in [0.717, 1.165) is 34.6 Å². The number of nitrogens with one attached hydrogen (secondary N) is 1. The number of aromatic carboxylic acids is 1. The number of aryl methyl sites for hydroxylation is 1. The van der Waals surface area contributed by atoms with Crippen molar-refractivity contribution in [3.8, 4) is 16.9 Å². The van der Waals surface area contributed by atoms with Crippen LogP contribution >= 0.6 is 34.5 Å². The van der Waals surface area contributed by atoms with Crippen molar-refractivity contribution in [2.75, 3.05) is 12.4 Å². The minimum atomic E-state index is -1.02. The Morgan fingerprint density at radius 2 is 1.90 bits per heavy atom. The summed E-state index contributed by atoms with van der Waals surface area (Å²) in [4.78, 5) is 11.3. The van der Waals surface area contributed by atoms with Crippen molar-refractivity contribution < 1.29 is 14.6 Å². The molecule has 0 saturated carbocycles. The van der Waals surface area contributed by atoms with Gasteiger partial charge in [-0.25, -0.2) is 4.79 Å². The highest BCUT2D eigenvalue weighted by molar-refractivity contribution is 7.20. The number of anilines is 1. The van der Waals surface area contributed by atoms with E-state index in [1.807, 2.05) is 36.4 Å². The lowest BCUT2D eigenvalue weighted by molar-refractivity contribution is 0.0698. The molecular formula is C22H19Cl2NO3S. The van der Waals surface area contributed by atoms with Crippen LogP contribution in [0, 0.1) is 0 Å². The van der Waals surface area contributed by atoms with Crippen LogP contribution in [-0.4, -0.2) is 18.2 Å². The van der Waals surface area contributed by atoms with Gasteiger partial charge < -0.3 is 15.2 Å². The molecule has 0 aliphatic heterocycles. The first-order valence-electron chi connectivity index (χ1n) is 8.77. The van der Waals surface area contributed by atoms with Crippen molar-refractivity contribution in [3.05, 3.63) is 81.3 Å². The minimum Gasteiger partial charge on any atom is -0.497 e. The molecule has 0 aliphatic carbocycles. The molecule has 0 saturated heterocycles. The van der Waals surface area contributed by atoms with Crippen LogP contribution in [0.4, 0.5) is 5.00 Å². The summed E-state index contributed by atoms with van der Waals surface area (Å²) in [5, 5.41) is 13.4. The molecular weight excluding hydrogens is 429 g/mol. The van der Waals surface area contributed by atoms with Crippen molar-refractivity contribution in [1.29, 1.82) is 0 Å². The largest absolute Gasteiger partial charge is 0.497 e. The first-order valence-corrected chi connectivity index (χ1v) is 10.3. The Morgan fingerprint density at radius 1 is 1.17 bits per heavy atom. The second kappa shape index (κ2) is 9.35. The fraction of sp³-hybridized carbons (Fsp3) is 0.136. The number of carboxylic acid groups (broad SMARTS) is 1. The van der Waals surface area contributed by atoms with E-state index in [4.69, 9.17) is 27.9 Å². The first-order chi connectivity index (χ1) is 13.9. The Labute approximate surface area is 183 Å². The number of benzene rings is 2. The van der Waals surface area contributed by atoms with E-state index < -0.39 is 5.97 Å². The second-order valence-electron chi connectivity index (χ2n) is 6.37. The topological polar surface area (TPSA) is 58.6 Å². The van der Waals surface area contributed by atoms with E-state index in [1.165, 1.54) is 17.4 Å². The average Bonchev–Trinajstić information content (AvgIpc) is 3.07. The summed E-state index contributed by atoms with van der Waals surface area (Å²) >= 11 is 13.5. The number of rotatable bonds is 8. The van der Waals surface area contributed by atoms with Crippen molar-refractivity contribution in [3.63, 3.8) is 0 Å². The molecule has 0 atom stereocenters. The molecule has 150 valence electrons. The normalized spacial score (nSPS) is 10.6. The summed E-state index contributed by atoms with van der Waals surface area (Å²) in [7, 11) is 1.61. The van der Waals surface area contributed by atoms with E-state index in [-0.39, 0.29) is 5.56 Å². The zero-order chi connectivity index (χ0) is 21.0. The number of carboxylic acids is 1. The van der Waals surface area contributed by atoms with Crippen molar-refractivity contribution in [2.45, 2.75) is 12.8 Å². The Hall–Kier alpha value is -2.47. The van der Waals surface area contributed by atoms with Crippen molar-refractivity contribution in [1.82, 2.24) is 0 Å². The summed E-state index contributed by atoms with van der Waals surface area (Å²) in [6, 6.07) is 15.2. The highest BCUT2D eigenvalue weighted by Crippen LogP contribution is 2.33. The second-order valence-corrected chi connectivity index (χ2v) is 8.46. The standard InChI is InChI=1S/C22H19Cl2NO3S/c1-13(25-21-18(22(26)27)12-20(24)29-21)3-4-14-5-7-15(8-6-14)17-10-9-16(28-2)11-19(17)23/h5-12,25H,1,3-4H2,2H3,(H,26,27). The Morgan fingerprint density at radius 3 is 2.52 bits per heavy atom. The first kappa shape index (κ1) is 21.2. The summed E-state index contributed by atoms with van der Waals surface area (Å²) in [6.07, 6.45) is 1.43. The third kappa shape index (κ3) is 5.32. The molecule has 2 N–H and O–H groups in total. The molecule has 0 amide bonds. The van der Waals surface area contributed by atoms with Gasteiger partial charge >= 0.3 is 5.97 Å². The van der Waals surface area contributed by atoms with E-state index >= 15 is 0 Å². The number of allylic oxidation sites excluding steroid dienone is 1. The molecule has 7 heteroatoms. The van der Waals surface area contributed by atoms with E-state index in [2.05, 4.69) is 11.9 Å². The van der Waals surface area contributed by atoms with Gasteiger partial charge in [0.05, 0.1) is 22.0 Å². The number of ether oxygens (including phenoxy) is 1. The van der Waals surface area contributed by atoms with Gasteiger partial charge in [0.25, 0.3) is 0 Å². The monoisotopic (exact) mass is 447 g/mol. The number of carbonyl (C=O) groups is 1. The van der Waals surface area contributed by atoms with Gasteiger partial charge in [0.15, 0.2) is 0 Å². The molecule has 0 aliphatic rings. The summed E-state index contributed by atoms with van der Waals surface area (Å²) in [5.41, 5.74) is 4.00. The molecule has 29 heavy (non-hydrogen) atoms. The maximum Gasteiger partial charge on any atom is 0.338 e. The number of hydrogen-bond donors (Lipinski definition) is 2. The summed E-state index contributed by atoms with van der Waals surface area (Å²) in [6.45, 7) is 4.00. The SMILES string of the molecule is C=C(CCc1ccc(-c2ccc(OC)cc2Cl)cc1)Nc1sc(Cl)cc1C(=O)O. The molecule has 4 nitrogen and oxygen atoms in total. The fourth-order valence-corrected chi connectivity index (χ4v) is 4.28. The molecule has 1 heterocycles. The molecule has 3 aromatic rings. The Kier molecular flexibility index (Phi) is 6.85. The van der Waals surface area contributed by atoms with Crippen molar-refractivity contribution >= 4 is 45.5 Å². The molecule has 1 aromatic heterocycles. The van der Waals surface area contributed by atoms with E-state index in [9.17, 15) is 9.90 Å². The number of hydrogen-bond acceptors (Lipinski definition) is 4. The average molecular weight is 448 g/mol. The van der Waals surface area contributed by atoms with Crippen LogP contribution in [0.5, 0.6) is 5.75 Å². The predicted molar refractivity (Wildman–Crippen MR) is 121 cm³/mol. The zero-order valence-corrected chi connectivity index (χ0v) is 18.0. The maximum atomic E-state index is 11.3. The fourth-order valence-electron chi connectivity index (χ4n) is 2.84. The predicted octanol–water partition coefficient (Wildman–Crippen LogP) is 6.99. The smallest absolute Gasteiger partial charge is 0.338 e. The van der Waals surface area contributed by atoms with Crippen molar-refractivity contribution in [2.24, 2.45) is 0 Å². The zero-order valence-electron chi connectivity index (χ0n) is 15.7. The third-order valence-corrected chi connectivity index (χ3v) is 5.87. The Bertz CT molecular complexity index is 1040. The van der Waals surface area contributed by atoms with E-state index in [1.54, 1.807) is 13.2 Å². The molecule has 0 spiro atoms. The Balaban J connectivity index is 1.62. The minimum absolute atomic E-state index is 0.155. The summed E-state index contributed by atoms with van der Waals surface area (Å²) < 4.78 is 5.61. The quantitative estimate of drug-likeness (QED) is 0.390. The molecule has 2 aromatic carbocycles.